The molecule has 0 heterocycles. The van der Waals surface area contributed by atoms with Crippen molar-refractivity contribution in [3.05, 3.63) is 0 Å². The molecular weight excluding hydrogens is 406 g/mol. The smallest absolute Gasteiger partial charge is 0.438 e. The highest BCUT2D eigenvalue weighted by atomic mass is 32.2. The third-order valence-electron chi connectivity index (χ3n) is 7.17. The number of carbonyl (C=O) groups is 1. The maximum absolute atomic E-state index is 13.4. The van der Waals surface area contributed by atoms with E-state index in [2.05, 4.69) is 4.74 Å². The molecule has 5 unspecified atom stereocenters. The van der Waals surface area contributed by atoms with Gasteiger partial charge in [0.2, 0.25) is 0 Å². The van der Waals surface area contributed by atoms with Gasteiger partial charge in [0.05, 0.1) is 5.41 Å². The minimum absolute atomic E-state index is 0.0541. The summed E-state index contributed by atoms with van der Waals surface area (Å²) in [6.45, 7) is 0. The van der Waals surface area contributed by atoms with Crippen molar-refractivity contribution in [2.45, 2.75) is 50.1 Å². The first-order valence-corrected chi connectivity index (χ1v) is 10.00. The van der Waals surface area contributed by atoms with E-state index >= 15 is 0 Å². The number of rotatable bonds is 4. The summed E-state index contributed by atoms with van der Waals surface area (Å²) in [6.07, 6.45) is -10.0. The van der Waals surface area contributed by atoms with Crippen LogP contribution in [0.4, 0.5) is 26.3 Å². The lowest BCUT2D eigenvalue weighted by molar-refractivity contribution is -0.363. The summed E-state index contributed by atoms with van der Waals surface area (Å²) in [7, 11) is -5.76. The Bertz CT molecular complexity index is 790. The van der Waals surface area contributed by atoms with Crippen LogP contribution in [0.3, 0.4) is 0 Å². The minimum Gasteiger partial charge on any atom is -0.438 e. The number of hydrogen-bond acceptors (Lipinski definition) is 4. The fourth-order valence-electron chi connectivity index (χ4n) is 6.13. The van der Waals surface area contributed by atoms with Gasteiger partial charge in [0.15, 0.2) is 0 Å². The monoisotopic (exact) mass is 422 g/mol. The van der Waals surface area contributed by atoms with Crippen LogP contribution in [0.2, 0.25) is 0 Å². The van der Waals surface area contributed by atoms with Gasteiger partial charge >= 0.3 is 23.9 Å². The molecule has 4 fully saturated rings. The van der Waals surface area contributed by atoms with Crippen LogP contribution in [0, 0.1) is 28.6 Å². The Morgan fingerprint density at radius 3 is 2.19 bits per heavy atom. The lowest BCUT2D eigenvalue weighted by atomic mass is 9.58. The van der Waals surface area contributed by atoms with Gasteiger partial charge in [-0.3, -0.25) is 9.35 Å². The van der Waals surface area contributed by atoms with Crippen LogP contribution in [0.5, 0.6) is 0 Å². The Balaban J connectivity index is 1.70. The van der Waals surface area contributed by atoms with E-state index in [1.165, 1.54) is 0 Å². The topological polar surface area (TPSA) is 80.7 Å². The third-order valence-corrected chi connectivity index (χ3v) is 7.94. The van der Waals surface area contributed by atoms with E-state index in [1.807, 2.05) is 0 Å². The fraction of sp³-hybridized carbons (Fsp3) is 0.933. The van der Waals surface area contributed by atoms with Crippen LogP contribution in [-0.2, 0) is 19.6 Å². The molecule has 0 aromatic rings. The summed E-state index contributed by atoms with van der Waals surface area (Å²) in [5, 5.41) is 0. The largest absolute Gasteiger partial charge is 0.438 e. The van der Waals surface area contributed by atoms with E-state index in [1.54, 1.807) is 0 Å². The van der Waals surface area contributed by atoms with Gasteiger partial charge in [-0.15, -0.1) is 0 Å². The molecule has 4 saturated carbocycles. The highest BCUT2D eigenvalue weighted by Crippen LogP contribution is 2.87. The molecule has 154 valence electrons. The molecule has 4 aliphatic rings. The number of alkyl halides is 6. The Morgan fingerprint density at radius 1 is 1.07 bits per heavy atom. The number of hydrogen-bond donors (Lipinski definition) is 1. The summed E-state index contributed by atoms with van der Waals surface area (Å²) in [4.78, 5) is 12.6. The van der Waals surface area contributed by atoms with Gasteiger partial charge in [-0.25, -0.2) is 0 Å². The molecule has 5 atom stereocenters. The summed E-state index contributed by atoms with van der Waals surface area (Å²) < 4.78 is 115. The zero-order valence-corrected chi connectivity index (χ0v) is 14.5. The van der Waals surface area contributed by atoms with Crippen LogP contribution in [0.15, 0.2) is 0 Å². The average Bonchev–Trinajstić information content (AvgIpc) is 3.05. The maximum Gasteiger partial charge on any atom is 0.438 e. The molecule has 5 nitrogen and oxygen atoms in total. The standard InChI is InChI=1S/C15H16F6O5S/c16-14(17,18)13(15(19,20)21,6-27(23,24)25)26-10(22)12-3-7-1-8-4-11(12,5-12)9(8)2-7/h7-9H,1-6H2,(H,23,24,25). The van der Waals surface area contributed by atoms with Crippen LogP contribution >= 0.6 is 0 Å². The Labute approximate surface area is 150 Å². The summed E-state index contributed by atoms with van der Waals surface area (Å²) in [6, 6.07) is 0. The Kier molecular flexibility index (Phi) is 3.51. The molecule has 0 saturated heterocycles. The fourth-order valence-corrected chi connectivity index (χ4v) is 7.03. The maximum atomic E-state index is 13.4. The van der Waals surface area contributed by atoms with E-state index in [4.69, 9.17) is 4.55 Å². The first-order chi connectivity index (χ1) is 12.1. The number of esters is 1. The first-order valence-electron chi connectivity index (χ1n) is 8.39. The average molecular weight is 422 g/mol. The SMILES string of the molecule is O=C(OC(CS(=O)(=O)O)(C(F)(F)F)C(F)(F)F)C12CC3CC4CC1(C2)C4C3. The molecule has 0 aliphatic heterocycles. The molecule has 2 bridgehead atoms. The van der Waals surface area contributed by atoms with Gasteiger partial charge in [0.25, 0.3) is 10.1 Å². The molecule has 1 N–H and O–H groups in total. The van der Waals surface area contributed by atoms with Crippen molar-refractivity contribution < 1.29 is 48.8 Å². The highest BCUT2D eigenvalue weighted by Gasteiger charge is 2.86. The zero-order chi connectivity index (χ0) is 20.3. The van der Waals surface area contributed by atoms with Crippen molar-refractivity contribution in [3.8, 4) is 0 Å². The normalized spacial score (nSPS) is 40.2. The molecule has 4 rings (SSSR count). The van der Waals surface area contributed by atoms with Crippen LogP contribution < -0.4 is 0 Å². The van der Waals surface area contributed by atoms with Gasteiger partial charge in [-0.2, -0.15) is 34.8 Å². The van der Waals surface area contributed by atoms with Crippen molar-refractivity contribution in [1.82, 2.24) is 0 Å². The number of fused-ring (bicyclic) bond motifs is 1. The first kappa shape index (κ1) is 19.3. The molecular formula is C15H16F6O5S. The van der Waals surface area contributed by atoms with Gasteiger partial charge < -0.3 is 4.74 Å². The summed E-state index contributed by atoms with van der Waals surface area (Å²) >= 11 is 0. The van der Waals surface area contributed by atoms with Gasteiger partial charge in [-0.05, 0) is 55.3 Å². The predicted molar refractivity (Wildman–Crippen MR) is 75.8 cm³/mol. The van der Waals surface area contributed by atoms with Gasteiger partial charge in [-0.1, -0.05) is 0 Å². The van der Waals surface area contributed by atoms with E-state index in [-0.39, 0.29) is 24.7 Å². The second kappa shape index (κ2) is 4.92. The Hall–Kier alpha value is -1.04. The molecule has 0 amide bonds. The summed E-state index contributed by atoms with van der Waals surface area (Å²) in [5.41, 5.74) is -7.32. The minimum atomic E-state index is -6.27. The molecule has 0 aromatic carbocycles. The van der Waals surface area contributed by atoms with E-state index < -0.39 is 50.6 Å². The summed E-state index contributed by atoms with van der Waals surface area (Å²) in [5.74, 6) is -3.97. The number of ether oxygens (including phenoxy) is 1. The second-order valence-corrected chi connectivity index (χ2v) is 9.92. The Morgan fingerprint density at radius 2 is 1.67 bits per heavy atom. The van der Waals surface area contributed by atoms with E-state index in [0.29, 0.717) is 12.3 Å². The van der Waals surface area contributed by atoms with Crippen molar-refractivity contribution in [3.63, 3.8) is 0 Å². The number of halogens is 6. The number of carbonyl (C=O) groups excluding carboxylic acids is 1. The lowest BCUT2D eigenvalue weighted by Crippen LogP contribution is -2.64. The second-order valence-electron chi connectivity index (χ2n) is 8.47. The predicted octanol–water partition coefficient (Wildman–Crippen LogP) is 3.11. The third kappa shape index (κ3) is 2.34. The van der Waals surface area contributed by atoms with Gasteiger partial charge in [0.1, 0.15) is 5.75 Å². The molecule has 0 aromatic heterocycles. The van der Waals surface area contributed by atoms with E-state index in [0.717, 1.165) is 12.8 Å². The zero-order valence-electron chi connectivity index (χ0n) is 13.7. The van der Waals surface area contributed by atoms with Crippen LogP contribution in [0.1, 0.15) is 32.1 Å². The van der Waals surface area contributed by atoms with Crippen LogP contribution in [-0.4, -0.2) is 42.6 Å². The highest BCUT2D eigenvalue weighted by molar-refractivity contribution is 7.85. The van der Waals surface area contributed by atoms with Crippen molar-refractivity contribution >= 4 is 16.1 Å². The molecule has 1 spiro atoms. The molecule has 12 heteroatoms. The van der Waals surface area contributed by atoms with Crippen molar-refractivity contribution in [2.24, 2.45) is 28.6 Å². The quantitative estimate of drug-likeness (QED) is 0.428. The molecule has 0 radical (unpaired) electrons. The lowest BCUT2D eigenvalue weighted by Gasteiger charge is -2.46. The van der Waals surface area contributed by atoms with Gasteiger partial charge in [0, 0.05) is 0 Å². The van der Waals surface area contributed by atoms with Crippen molar-refractivity contribution in [1.29, 1.82) is 0 Å². The van der Waals surface area contributed by atoms with Crippen LogP contribution in [0.25, 0.3) is 0 Å². The molecule has 4 aliphatic carbocycles. The van der Waals surface area contributed by atoms with Crippen molar-refractivity contribution in [2.75, 3.05) is 5.75 Å². The van der Waals surface area contributed by atoms with E-state index in [9.17, 15) is 39.6 Å². The molecule has 27 heavy (non-hydrogen) atoms.